The summed E-state index contributed by atoms with van der Waals surface area (Å²) in [6.07, 6.45) is 3.72. The summed E-state index contributed by atoms with van der Waals surface area (Å²) in [5, 5.41) is 5.08. The third-order valence-electron chi connectivity index (χ3n) is 5.30. The van der Waals surface area contributed by atoms with Gasteiger partial charge in [-0.3, -0.25) is 9.59 Å². The van der Waals surface area contributed by atoms with E-state index in [1.54, 1.807) is 29.2 Å². The van der Waals surface area contributed by atoms with Crippen LogP contribution in [-0.4, -0.2) is 45.2 Å². The number of carbonyl (C=O) groups excluding carboxylic acids is 2. The van der Waals surface area contributed by atoms with Crippen molar-refractivity contribution in [1.82, 2.24) is 14.7 Å². The average molecular weight is 385 g/mol. The van der Waals surface area contributed by atoms with E-state index >= 15 is 0 Å². The molecule has 2 aromatic rings. The number of esters is 1. The standard InChI is InChI=1S/C21H27N3O4/c1-4-12-23-20(26)17-11-6-5-10-16(17)19(22-23)21(27)28-13-18(25)24-14(2)8-7-9-15(24)3/h5-6,10-11,14-15H,4,7-9,12-13H2,1-3H3/t14-,15-/m1/s1. The van der Waals surface area contributed by atoms with Crippen molar-refractivity contribution in [2.45, 2.75) is 65.1 Å². The number of benzene rings is 1. The molecule has 2 atom stereocenters. The van der Waals surface area contributed by atoms with Gasteiger partial charge in [-0.15, -0.1) is 0 Å². The molecule has 0 radical (unpaired) electrons. The molecule has 0 saturated carbocycles. The van der Waals surface area contributed by atoms with E-state index in [4.69, 9.17) is 4.74 Å². The van der Waals surface area contributed by atoms with Crippen molar-refractivity contribution < 1.29 is 14.3 Å². The molecule has 1 fully saturated rings. The highest BCUT2D eigenvalue weighted by Gasteiger charge is 2.30. The van der Waals surface area contributed by atoms with Crippen molar-refractivity contribution in [3.8, 4) is 0 Å². The fourth-order valence-electron chi connectivity index (χ4n) is 3.93. The Labute approximate surface area is 164 Å². The van der Waals surface area contributed by atoms with Crippen LogP contribution in [-0.2, 0) is 16.1 Å². The van der Waals surface area contributed by atoms with Crippen LogP contribution < -0.4 is 5.56 Å². The number of aryl methyl sites for hydroxylation is 1. The molecule has 0 aliphatic carbocycles. The highest BCUT2D eigenvalue weighted by atomic mass is 16.5. The number of hydrogen-bond acceptors (Lipinski definition) is 5. The highest BCUT2D eigenvalue weighted by molar-refractivity contribution is 6.02. The molecule has 1 aromatic carbocycles. The van der Waals surface area contributed by atoms with Gasteiger partial charge in [0.25, 0.3) is 11.5 Å². The summed E-state index contributed by atoms with van der Waals surface area (Å²) >= 11 is 0. The summed E-state index contributed by atoms with van der Waals surface area (Å²) in [6.45, 7) is 6.05. The van der Waals surface area contributed by atoms with Crippen molar-refractivity contribution in [1.29, 1.82) is 0 Å². The smallest absolute Gasteiger partial charge is 0.359 e. The summed E-state index contributed by atoms with van der Waals surface area (Å²) in [4.78, 5) is 39.7. The number of rotatable bonds is 5. The maximum atomic E-state index is 12.7. The van der Waals surface area contributed by atoms with E-state index in [2.05, 4.69) is 5.10 Å². The molecular weight excluding hydrogens is 358 g/mol. The van der Waals surface area contributed by atoms with E-state index in [9.17, 15) is 14.4 Å². The molecule has 1 aliphatic rings. The molecule has 3 rings (SSSR count). The Kier molecular flexibility index (Phi) is 6.11. The van der Waals surface area contributed by atoms with Gasteiger partial charge >= 0.3 is 5.97 Å². The van der Waals surface area contributed by atoms with Gasteiger partial charge in [0.1, 0.15) is 0 Å². The van der Waals surface area contributed by atoms with Crippen LogP contribution in [0.1, 0.15) is 56.9 Å². The lowest BCUT2D eigenvalue weighted by molar-refractivity contribution is -0.140. The molecule has 0 N–H and O–H groups in total. The Bertz CT molecular complexity index is 927. The molecule has 0 spiro atoms. The molecule has 28 heavy (non-hydrogen) atoms. The molecule has 1 aliphatic heterocycles. The van der Waals surface area contributed by atoms with Crippen LogP contribution in [0.25, 0.3) is 10.8 Å². The zero-order valence-electron chi connectivity index (χ0n) is 16.7. The first-order chi connectivity index (χ1) is 13.4. The first kappa shape index (κ1) is 20.0. The predicted octanol–water partition coefficient (Wildman–Crippen LogP) is 2.75. The lowest BCUT2D eigenvalue weighted by Gasteiger charge is -2.38. The van der Waals surface area contributed by atoms with Gasteiger partial charge < -0.3 is 9.64 Å². The van der Waals surface area contributed by atoms with E-state index in [1.807, 2.05) is 20.8 Å². The number of piperidine rings is 1. The molecule has 0 bridgehead atoms. The Morgan fingerprint density at radius 1 is 1.14 bits per heavy atom. The van der Waals surface area contributed by atoms with Gasteiger partial charge in [0.2, 0.25) is 0 Å². The Balaban J connectivity index is 1.82. The highest BCUT2D eigenvalue weighted by Crippen LogP contribution is 2.22. The average Bonchev–Trinajstić information content (AvgIpc) is 2.68. The zero-order valence-corrected chi connectivity index (χ0v) is 16.7. The van der Waals surface area contributed by atoms with E-state index in [-0.39, 0.29) is 35.9 Å². The number of carbonyl (C=O) groups is 2. The normalized spacial score (nSPS) is 19.6. The summed E-state index contributed by atoms with van der Waals surface area (Å²) in [5.74, 6) is -0.883. The third kappa shape index (κ3) is 3.93. The van der Waals surface area contributed by atoms with Crippen LogP contribution in [0.2, 0.25) is 0 Å². The molecule has 0 unspecified atom stereocenters. The number of amides is 1. The number of fused-ring (bicyclic) bond motifs is 1. The van der Waals surface area contributed by atoms with Crippen molar-refractivity contribution in [3.63, 3.8) is 0 Å². The molecule has 150 valence electrons. The van der Waals surface area contributed by atoms with Gasteiger partial charge in [0.15, 0.2) is 12.3 Å². The van der Waals surface area contributed by atoms with Gasteiger partial charge in [-0.2, -0.15) is 5.10 Å². The minimum Gasteiger partial charge on any atom is -0.451 e. The molecule has 1 aromatic heterocycles. The SMILES string of the molecule is CCCn1nc(C(=O)OCC(=O)N2[C@H](C)CCC[C@H]2C)c2ccccc2c1=O. The van der Waals surface area contributed by atoms with Gasteiger partial charge in [-0.1, -0.05) is 25.1 Å². The van der Waals surface area contributed by atoms with Crippen LogP contribution in [0.3, 0.4) is 0 Å². The Hall–Kier alpha value is -2.70. The molecule has 1 amide bonds. The number of aromatic nitrogens is 2. The van der Waals surface area contributed by atoms with Gasteiger partial charge in [0, 0.05) is 24.0 Å². The largest absolute Gasteiger partial charge is 0.451 e. The second-order valence-electron chi connectivity index (χ2n) is 7.43. The first-order valence-electron chi connectivity index (χ1n) is 9.92. The first-order valence-corrected chi connectivity index (χ1v) is 9.92. The van der Waals surface area contributed by atoms with Crippen molar-refractivity contribution >= 4 is 22.6 Å². The maximum Gasteiger partial charge on any atom is 0.359 e. The maximum absolute atomic E-state index is 12.7. The summed E-state index contributed by atoms with van der Waals surface area (Å²) in [6, 6.07) is 7.11. The molecule has 2 heterocycles. The van der Waals surface area contributed by atoms with Gasteiger partial charge in [-0.05, 0) is 45.6 Å². The van der Waals surface area contributed by atoms with Crippen LogP contribution in [0.5, 0.6) is 0 Å². The molecular formula is C21H27N3O4. The van der Waals surface area contributed by atoms with Crippen LogP contribution in [0.4, 0.5) is 0 Å². The van der Waals surface area contributed by atoms with E-state index in [1.165, 1.54) is 4.68 Å². The minimum absolute atomic E-state index is 0.0659. The monoisotopic (exact) mass is 385 g/mol. The number of ether oxygens (including phenoxy) is 1. The number of nitrogens with zero attached hydrogens (tertiary/aromatic N) is 3. The van der Waals surface area contributed by atoms with Gasteiger partial charge in [-0.25, -0.2) is 9.48 Å². The summed E-state index contributed by atoms with van der Waals surface area (Å²) in [5.41, 5.74) is -0.169. The van der Waals surface area contributed by atoms with Crippen LogP contribution >= 0.6 is 0 Å². The van der Waals surface area contributed by atoms with Crippen molar-refractivity contribution in [2.24, 2.45) is 0 Å². The second kappa shape index (κ2) is 8.54. The fraction of sp³-hybridized carbons (Fsp3) is 0.524. The van der Waals surface area contributed by atoms with E-state index in [0.717, 1.165) is 19.3 Å². The lowest BCUT2D eigenvalue weighted by Crippen LogP contribution is -2.49. The van der Waals surface area contributed by atoms with Crippen LogP contribution in [0.15, 0.2) is 29.1 Å². The molecule has 7 nitrogen and oxygen atoms in total. The Morgan fingerprint density at radius 2 is 1.79 bits per heavy atom. The van der Waals surface area contributed by atoms with Gasteiger partial charge in [0.05, 0.1) is 5.39 Å². The molecule has 7 heteroatoms. The predicted molar refractivity (Wildman–Crippen MR) is 106 cm³/mol. The van der Waals surface area contributed by atoms with Crippen molar-refractivity contribution in [2.75, 3.05) is 6.61 Å². The summed E-state index contributed by atoms with van der Waals surface area (Å²) < 4.78 is 6.60. The van der Waals surface area contributed by atoms with E-state index in [0.29, 0.717) is 23.7 Å². The molecule has 1 saturated heterocycles. The quantitative estimate of drug-likeness (QED) is 0.739. The Morgan fingerprint density at radius 3 is 2.43 bits per heavy atom. The zero-order chi connectivity index (χ0) is 20.3. The number of likely N-dealkylation sites (tertiary alicyclic amines) is 1. The minimum atomic E-state index is -0.688. The van der Waals surface area contributed by atoms with Crippen LogP contribution in [0, 0.1) is 0 Å². The van der Waals surface area contributed by atoms with E-state index < -0.39 is 5.97 Å². The second-order valence-corrected chi connectivity index (χ2v) is 7.43. The fourth-order valence-corrected chi connectivity index (χ4v) is 3.93. The number of hydrogen-bond donors (Lipinski definition) is 0. The third-order valence-corrected chi connectivity index (χ3v) is 5.30. The lowest BCUT2D eigenvalue weighted by atomic mass is 9.97. The summed E-state index contributed by atoms with van der Waals surface area (Å²) in [7, 11) is 0. The van der Waals surface area contributed by atoms with Crippen molar-refractivity contribution in [3.05, 3.63) is 40.3 Å². The topological polar surface area (TPSA) is 81.5 Å².